The Morgan fingerprint density at radius 1 is 1.12 bits per heavy atom. The number of benzene rings is 2. The van der Waals surface area contributed by atoms with E-state index in [9.17, 15) is 18.0 Å². The van der Waals surface area contributed by atoms with E-state index in [2.05, 4.69) is 4.72 Å². The number of morpholine rings is 1. The van der Waals surface area contributed by atoms with Gasteiger partial charge in [-0.3, -0.25) is 14.3 Å². The minimum Gasteiger partial charge on any atom is -0.481 e. The van der Waals surface area contributed by atoms with Crippen LogP contribution in [0, 0.1) is 5.92 Å². The lowest BCUT2D eigenvalue weighted by Gasteiger charge is -2.31. The van der Waals surface area contributed by atoms with Gasteiger partial charge in [-0.25, -0.2) is 8.42 Å². The summed E-state index contributed by atoms with van der Waals surface area (Å²) in [5, 5.41) is 9.57. The fourth-order valence-corrected chi connectivity index (χ4v) is 5.20. The number of aliphatic carboxylic acids is 1. The number of amides is 1. The molecule has 2 aliphatic heterocycles. The third-order valence-corrected chi connectivity index (χ3v) is 7.18. The van der Waals surface area contributed by atoms with Gasteiger partial charge in [0.05, 0.1) is 40.4 Å². The standard InChI is InChI=1S/C21H22ClN3O6S/c22-17-2-1-3-18(20(17)24-8-10-31-11-9-24)23-32(29,30)16-6-4-15(5-7-16)25-13-14(21(27)28)12-19(25)26/h1-7,14,23H,8-13H2,(H,27,28). The maximum Gasteiger partial charge on any atom is 0.308 e. The summed E-state index contributed by atoms with van der Waals surface area (Å²) >= 11 is 6.38. The van der Waals surface area contributed by atoms with Crippen molar-refractivity contribution >= 4 is 50.6 Å². The van der Waals surface area contributed by atoms with E-state index in [0.29, 0.717) is 48.4 Å². The average molecular weight is 480 g/mol. The number of nitrogens with one attached hydrogen (secondary N) is 1. The lowest BCUT2D eigenvalue weighted by atomic mass is 10.1. The maximum atomic E-state index is 13.0. The summed E-state index contributed by atoms with van der Waals surface area (Å²) in [6, 6.07) is 10.8. The van der Waals surface area contributed by atoms with Crippen molar-refractivity contribution in [2.75, 3.05) is 47.4 Å². The van der Waals surface area contributed by atoms with Crippen LogP contribution in [-0.2, 0) is 24.3 Å². The molecular weight excluding hydrogens is 458 g/mol. The third kappa shape index (κ3) is 4.52. The second kappa shape index (κ2) is 8.97. The van der Waals surface area contributed by atoms with Gasteiger partial charge in [-0.1, -0.05) is 17.7 Å². The van der Waals surface area contributed by atoms with Crippen molar-refractivity contribution < 1.29 is 27.9 Å². The molecule has 0 radical (unpaired) electrons. The van der Waals surface area contributed by atoms with Gasteiger partial charge in [-0.2, -0.15) is 0 Å². The number of halogens is 1. The number of ether oxygens (including phenoxy) is 1. The second-order valence-corrected chi connectivity index (χ2v) is 9.67. The Kier molecular flexibility index (Phi) is 6.27. The SMILES string of the molecule is O=C(O)C1CC(=O)N(c2ccc(S(=O)(=O)Nc3cccc(Cl)c3N3CCOCC3)cc2)C1. The molecule has 2 saturated heterocycles. The van der Waals surface area contributed by atoms with E-state index >= 15 is 0 Å². The largest absolute Gasteiger partial charge is 0.481 e. The minimum absolute atomic E-state index is 0.00980. The van der Waals surface area contributed by atoms with Gasteiger partial charge < -0.3 is 19.6 Å². The third-order valence-electron chi connectivity index (χ3n) is 5.49. The lowest BCUT2D eigenvalue weighted by Crippen LogP contribution is -2.37. The molecule has 9 nitrogen and oxygen atoms in total. The lowest BCUT2D eigenvalue weighted by molar-refractivity contribution is -0.141. The minimum atomic E-state index is -3.93. The number of sulfonamides is 1. The van der Waals surface area contributed by atoms with E-state index in [1.807, 2.05) is 4.90 Å². The first kappa shape index (κ1) is 22.4. The Balaban J connectivity index is 1.56. The fraction of sp³-hybridized carbons (Fsp3) is 0.333. The summed E-state index contributed by atoms with van der Waals surface area (Å²) in [4.78, 5) is 26.6. The molecule has 0 spiro atoms. The van der Waals surface area contributed by atoms with Gasteiger partial charge in [0.25, 0.3) is 10.0 Å². The second-order valence-electron chi connectivity index (χ2n) is 7.58. The Morgan fingerprint density at radius 2 is 1.81 bits per heavy atom. The molecule has 0 bridgehead atoms. The van der Waals surface area contributed by atoms with Gasteiger partial charge in [0, 0.05) is 31.7 Å². The highest BCUT2D eigenvalue weighted by Crippen LogP contribution is 2.36. The monoisotopic (exact) mass is 479 g/mol. The van der Waals surface area contributed by atoms with Crippen molar-refractivity contribution in [1.82, 2.24) is 0 Å². The number of carbonyl (C=O) groups is 2. The number of carbonyl (C=O) groups excluding carboxylic acids is 1. The predicted molar refractivity (Wildman–Crippen MR) is 120 cm³/mol. The molecule has 32 heavy (non-hydrogen) atoms. The van der Waals surface area contributed by atoms with Crippen LogP contribution >= 0.6 is 11.6 Å². The van der Waals surface area contributed by atoms with Gasteiger partial charge in [0.15, 0.2) is 0 Å². The molecule has 170 valence electrons. The zero-order chi connectivity index (χ0) is 22.9. The highest BCUT2D eigenvalue weighted by molar-refractivity contribution is 7.92. The van der Waals surface area contributed by atoms with Gasteiger partial charge >= 0.3 is 5.97 Å². The van der Waals surface area contributed by atoms with Crippen LogP contribution < -0.4 is 14.5 Å². The summed E-state index contributed by atoms with van der Waals surface area (Å²) in [7, 11) is -3.93. The average Bonchev–Trinajstić information content (AvgIpc) is 3.16. The highest BCUT2D eigenvalue weighted by Gasteiger charge is 2.35. The van der Waals surface area contributed by atoms with Gasteiger partial charge in [0.1, 0.15) is 0 Å². The molecule has 2 aliphatic rings. The Morgan fingerprint density at radius 3 is 2.44 bits per heavy atom. The summed E-state index contributed by atoms with van der Waals surface area (Å²) in [6.07, 6.45) is -0.0734. The number of carboxylic acid groups (broad SMARTS) is 1. The number of carboxylic acids is 1. The van der Waals surface area contributed by atoms with Crippen LogP contribution in [0.5, 0.6) is 0 Å². The Hall–Kier alpha value is -2.82. The predicted octanol–water partition coefficient (Wildman–Crippen LogP) is 2.41. The molecular formula is C21H22ClN3O6S. The van der Waals surface area contributed by atoms with E-state index in [-0.39, 0.29) is 23.8 Å². The van der Waals surface area contributed by atoms with Crippen LogP contribution in [0.3, 0.4) is 0 Å². The quantitative estimate of drug-likeness (QED) is 0.653. The fourth-order valence-electron chi connectivity index (χ4n) is 3.84. The van der Waals surface area contributed by atoms with Crippen LogP contribution in [0.25, 0.3) is 0 Å². The van der Waals surface area contributed by atoms with Crippen LogP contribution in [0.1, 0.15) is 6.42 Å². The Labute approximate surface area is 190 Å². The number of para-hydroxylation sites is 1. The molecule has 2 N–H and O–H groups in total. The molecule has 0 saturated carbocycles. The first-order chi connectivity index (χ1) is 15.3. The molecule has 1 unspecified atom stereocenters. The summed E-state index contributed by atoms with van der Waals surface area (Å²) in [5.74, 6) is -2.10. The molecule has 2 aromatic rings. The number of anilines is 3. The number of nitrogens with zero attached hydrogens (tertiary/aromatic N) is 2. The smallest absolute Gasteiger partial charge is 0.308 e. The van der Waals surface area contributed by atoms with Crippen LogP contribution in [0.2, 0.25) is 5.02 Å². The molecule has 1 atom stereocenters. The van der Waals surface area contributed by atoms with E-state index in [1.165, 1.54) is 29.2 Å². The zero-order valence-electron chi connectivity index (χ0n) is 17.0. The van der Waals surface area contributed by atoms with Gasteiger partial charge in [-0.15, -0.1) is 0 Å². The van der Waals surface area contributed by atoms with Crippen LogP contribution in [0.4, 0.5) is 17.1 Å². The molecule has 11 heteroatoms. The zero-order valence-corrected chi connectivity index (χ0v) is 18.6. The first-order valence-electron chi connectivity index (χ1n) is 10.0. The molecule has 2 heterocycles. The van der Waals surface area contributed by atoms with Crippen molar-refractivity contribution in [3.05, 3.63) is 47.5 Å². The molecule has 1 amide bonds. The van der Waals surface area contributed by atoms with Crippen molar-refractivity contribution in [1.29, 1.82) is 0 Å². The Bertz CT molecular complexity index is 1130. The van der Waals surface area contributed by atoms with E-state index in [1.54, 1.807) is 18.2 Å². The van der Waals surface area contributed by atoms with Gasteiger partial charge in [0.2, 0.25) is 5.91 Å². The highest BCUT2D eigenvalue weighted by atomic mass is 35.5. The summed E-state index contributed by atoms with van der Waals surface area (Å²) in [5.41, 5.74) is 1.41. The van der Waals surface area contributed by atoms with Crippen molar-refractivity contribution in [3.8, 4) is 0 Å². The summed E-state index contributed by atoms with van der Waals surface area (Å²) < 4.78 is 34.0. The first-order valence-corrected chi connectivity index (χ1v) is 11.9. The van der Waals surface area contributed by atoms with E-state index < -0.39 is 21.9 Å². The number of rotatable bonds is 6. The molecule has 2 fully saturated rings. The van der Waals surface area contributed by atoms with Gasteiger partial charge in [-0.05, 0) is 36.4 Å². The normalized spacial score (nSPS) is 19.3. The van der Waals surface area contributed by atoms with Crippen molar-refractivity contribution in [3.63, 3.8) is 0 Å². The topological polar surface area (TPSA) is 116 Å². The molecule has 0 aliphatic carbocycles. The maximum absolute atomic E-state index is 13.0. The van der Waals surface area contributed by atoms with Crippen LogP contribution in [0.15, 0.2) is 47.4 Å². The van der Waals surface area contributed by atoms with Crippen molar-refractivity contribution in [2.24, 2.45) is 5.92 Å². The number of hydrogen-bond acceptors (Lipinski definition) is 6. The van der Waals surface area contributed by atoms with Crippen LogP contribution in [-0.4, -0.2) is 58.2 Å². The molecule has 0 aromatic heterocycles. The number of hydrogen-bond donors (Lipinski definition) is 2. The van der Waals surface area contributed by atoms with E-state index in [4.69, 9.17) is 21.4 Å². The van der Waals surface area contributed by atoms with Crippen molar-refractivity contribution in [2.45, 2.75) is 11.3 Å². The van der Waals surface area contributed by atoms with E-state index in [0.717, 1.165) is 0 Å². The molecule has 4 rings (SSSR count). The summed E-state index contributed by atoms with van der Waals surface area (Å²) in [6.45, 7) is 2.29. The molecule has 2 aromatic carbocycles.